The maximum Gasteiger partial charge on any atom is 0.227 e. The van der Waals surface area contributed by atoms with Crippen molar-refractivity contribution in [2.45, 2.75) is 13.3 Å². The molecule has 0 radical (unpaired) electrons. The summed E-state index contributed by atoms with van der Waals surface area (Å²) >= 11 is 0. The molecule has 4 heteroatoms. The zero-order chi connectivity index (χ0) is 10.0. The fourth-order valence-electron chi connectivity index (χ4n) is 1.14. The number of aliphatic hydroxyl groups is 1. The summed E-state index contributed by atoms with van der Waals surface area (Å²) in [5, 5.41) is 9.23. The summed E-state index contributed by atoms with van der Waals surface area (Å²) in [7, 11) is 1.31. The second-order valence-corrected chi connectivity index (χ2v) is 2.59. The van der Waals surface area contributed by atoms with Crippen LogP contribution in [0.15, 0.2) is 23.2 Å². The Hall–Kier alpha value is -1.58. The van der Waals surface area contributed by atoms with Crippen molar-refractivity contribution < 1.29 is 19.4 Å². The molecular formula is C9H10O4. The van der Waals surface area contributed by atoms with Crippen molar-refractivity contribution in [1.29, 1.82) is 0 Å². The minimum absolute atomic E-state index is 0.0142. The Morgan fingerprint density at radius 2 is 2.08 bits per heavy atom. The summed E-state index contributed by atoms with van der Waals surface area (Å²) in [6, 6.07) is 0. The van der Waals surface area contributed by atoms with E-state index in [2.05, 4.69) is 0 Å². The average molecular weight is 182 g/mol. The van der Waals surface area contributed by atoms with E-state index in [1.165, 1.54) is 7.11 Å². The fraction of sp³-hybridized carbons (Fsp3) is 0.333. The smallest absolute Gasteiger partial charge is 0.227 e. The third-order valence-electron chi connectivity index (χ3n) is 1.85. The van der Waals surface area contributed by atoms with Crippen molar-refractivity contribution >= 4 is 11.6 Å². The molecule has 0 aromatic heterocycles. The molecule has 70 valence electrons. The van der Waals surface area contributed by atoms with Gasteiger partial charge in [0.25, 0.3) is 0 Å². The normalized spacial score (nSPS) is 17.5. The number of Topliss-reactive ketones (excluding diaryl/α,β-unsaturated/α-hetero) is 1. The van der Waals surface area contributed by atoms with Crippen LogP contribution in [0.25, 0.3) is 0 Å². The molecule has 1 N–H and O–H groups in total. The number of rotatable bonds is 2. The zero-order valence-corrected chi connectivity index (χ0v) is 7.46. The molecule has 0 aromatic carbocycles. The first-order valence-electron chi connectivity index (χ1n) is 3.88. The molecule has 0 spiro atoms. The van der Waals surface area contributed by atoms with Crippen molar-refractivity contribution in [2.24, 2.45) is 0 Å². The Bertz CT molecular complexity index is 323. The van der Waals surface area contributed by atoms with Crippen LogP contribution in [0.3, 0.4) is 0 Å². The topological polar surface area (TPSA) is 63.6 Å². The molecule has 1 rings (SSSR count). The predicted molar refractivity (Wildman–Crippen MR) is 45.1 cm³/mol. The summed E-state index contributed by atoms with van der Waals surface area (Å²) in [5.74, 6) is -1.47. The molecule has 0 saturated heterocycles. The van der Waals surface area contributed by atoms with E-state index in [9.17, 15) is 14.7 Å². The average Bonchev–Trinajstić information content (AvgIpc) is 2.12. The molecule has 0 aliphatic heterocycles. The Balaban J connectivity index is 3.14. The van der Waals surface area contributed by atoms with Gasteiger partial charge in [-0.15, -0.1) is 0 Å². The first-order valence-corrected chi connectivity index (χ1v) is 3.88. The van der Waals surface area contributed by atoms with Crippen LogP contribution in [0.5, 0.6) is 0 Å². The van der Waals surface area contributed by atoms with Gasteiger partial charge in [-0.25, -0.2) is 0 Å². The lowest BCUT2D eigenvalue weighted by molar-refractivity contribution is -0.119. The molecule has 0 bridgehead atoms. The lowest BCUT2D eigenvalue weighted by atomic mass is 9.98. The summed E-state index contributed by atoms with van der Waals surface area (Å²) in [4.78, 5) is 22.4. The molecule has 0 aromatic rings. The number of carbonyl (C=O) groups excluding carboxylic acids is 2. The zero-order valence-electron chi connectivity index (χ0n) is 7.46. The molecule has 0 atom stereocenters. The number of hydrogen-bond donors (Lipinski definition) is 1. The maximum atomic E-state index is 11.4. The molecule has 0 fully saturated rings. The van der Waals surface area contributed by atoms with Crippen LogP contribution in [-0.4, -0.2) is 23.8 Å². The van der Waals surface area contributed by atoms with Gasteiger partial charge in [-0.05, 0) is 6.42 Å². The van der Waals surface area contributed by atoms with Gasteiger partial charge in [0, 0.05) is 11.6 Å². The highest BCUT2D eigenvalue weighted by molar-refractivity contribution is 6.20. The Morgan fingerprint density at radius 3 is 2.54 bits per heavy atom. The molecular weight excluding hydrogens is 172 g/mol. The lowest BCUT2D eigenvalue weighted by Crippen LogP contribution is -2.19. The first kappa shape index (κ1) is 9.51. The number of allylic oxidation sites excluding steroid dienone is 2. The van der Waals surface area contributed by atoms with Gasteiger partial charge in [-0.3, -0.25) is 9.59 Å². The second kappa shape index (κ2) is 3.43. The molecule has 1 aliphatic carbocycles. The third kappa shape index (κ3) is 1.47. The summed E-state index contributed by atoms with van der Waals surface area (Å²) < 4.78 is 4.70. The van der Waals surface area contributed by atoms with Crippen molar-refractivity contribution in [3.63, 3.8) is 0 Å². The molecule has 0 unspecified atom stereocenters. The highest BCUT2D eigenvalue weighted by Gasteiger charge is 2.27. The number of aliphatic hydroxyl groups excluding tert-OH is 1. The maximum absolute atomic E-state index is 11.4. The van der Waals surface area contributed by atoms with Gasteiger partial charge < -0.3 is 9.84 Å². The Kier molecular flexibility index (Phi) is 2.51. The summed E-state index contributed by atoms with van der Waals surface area (Å²) in [6.07, 6.45) is 1.31. The quantitative estimate of drug-likeness (QED) is 0.644. The number of hydrogen-bond acceptors (Lipinski definition) is 4. The Morgan fingerprint density at radius 1 is 1.46 bits per heavy atom. The number of ether oxygens (including phenoxy) is 1. The monoisotopic (exact) mass is 182 g/mol. The Labute approximate surface area is 75.5 Å². The van der Waals surface area contributed by atoms with Crippen LogP contribution in [-0.2, 0) is 14.3 Å². The van der Waals surface area contributed by atoms with E-state index in [4.69, 9.17) is 4.74 Å². The van der Waals surface area contributed by atoms with Crippen LogP contribution in [0, 0.1) is 0 Å². The van der Waals surface area contributed by atoms with Crippen molar-refractivity contribution in [2.75, 3.05) is 7.11 Å². The fourth-order valence-corrected chi connectivity index (χ4v) is 1.14. The van der Waals surface area contributed by atoms with E-state index in [0.29, 0.717) is 6.42 Å². The molecule has 1 aliphatic rings. The molecule has 13 heavy (non-hydrogen) atoms. The third-order valence-corrected chi connectivity index (χ3v) is 1.85. The predicted octanol–water partition coefficient (Wildman–Crippen LogP) is 0.891. The van der Waals surface area contributed by atoms with Crippen LogP contribution in [0.2, 0.25) is 0 Å². The van der Waals surface area contributed by atoms with Gasteiger partial charge in [0.2, 0.25) is 11.6 Å². The molecule has 0 heterocycles. The number of ketones is 2. The van der Waals surface area contributed by atoms with Crippen LogP contribution < -0.4 is 0 Å². The minimum atomic E-state index is -0.576. The van der Waals surface area contributed by atoms with E-state index < -0.39 is 17.3 Å². The largest absolute Gasteiger partial charge is 0.504 e. The molecule has 4 nitrogen and oxygen atoms in total. The van der Waals surface area contributed by atoms with Gasteiger partial charge in [-0.1, -0.05) is 6.92 Å². The number of methoxy groups -OCH3 is 1. The first-order chi connectivity index (χ1) is 6.11. The lowest BCUT2D eigenvalue weighted by Gasteiger charge is -2.12. The van der Waals surface area contributed by atoms with Crippen LogP contribution >= 0.6 is 0 Å². The minimum Gasteiger partial charge on any atom is -0.504 e. The van der Waals surface area contributed by atoms with Gasteiger partial charge in [0.05, 0.1) is 7.11 Å². The van der Waals surface area contributed by atoms with Gasteiger partial charge in [0.15, 0.2) is 11.5 Å². The van der Waals surface area contributed by atoms with Crippen molar-refractivity contribution in [3.05, 3.63) is 23.2 Å². The van der Waals surface area contributed by atoms with E-state index >= 15 is 0 Å². The van der Waals surface area contributed by atoms with E-state index in [-0.39, 0.29) is 11.3 Å². The van der Waals surface area contributed by atoms with E-state index in [1.807, 2.05) is 0 Å². The number of carbonyl (C=O) groups is 2. The standard InChI is InChI=1S/C9H10O4/c1-3-5-8(11)6(10)4-7(13-2)9(5)12/h4,11H,3H2,1-2H3. The highest BCUT2D eigenvalue weighted by atomic mass is 16.5. The van der Waals surface area contributed by atoms with E-state index in [1.54, 1.807) is 6.92 Å². The van der Waals surface area contributed by atoms with Crippen LogP contribution in [0.4, 0.5) is 0 Å². The van der Waals surface area contributed by atoms with E-state index in [0.717, 1.165) is 6.08 Å². The van der Waals surface area contributed by atoms with Gasteiger partial charge >= 0.3 is 0 Å². The van der Waals surface area contributed by atoms with Crippen molar-refractivity contribution in [3.8, 4) is 0 Å². The summed E-state index contributed by atoms with van der Waals surface area (Å²) in [5.41, 5.74) is 0.115. The summed E-state index contributed by atoms with van der Waals surface area (Å²) in [6.45, 7) is 1.69. The van der Waals surface area contributed by atoms with Crippen LogP contribution in [0.1, 0.15) is 13.3 Å². The molecule has 0 saturated carbocycles. The van der Waals surface area contributed by atoms with Gasteiger partial charge in [0.1, 0.15) is 0 Å². The SMILES string of the molecule is CCC1=C(O)C(=O)C=C(OC)C1=O. The van der Waals surface area contributed by atoms with Gasteiger partial charge in [-0.2, -0.15) is 0 Å². The van der Waals surface area contributed by atoms with Crippen molar-refractivity contribution in [1.82, 2.24) is 0 Å². The molecule has 0 amide bonds. The second-order valence-electron chi connectivity index (χ2n) is 2.59. The highest BCUT2D eigenvalue weighted by Crippen LogP contribution is 2.20.